The van der Waals surface area contributed by atoms with Gasteiger partial charge in [-0.1, -0.05) is 29.3 Å². The van der Waals surface area contributed by atoms with E-state index in [4.69, 9.17) is 23.2 Å². The van der Waals surface area contributed by atoms with Gasteiger partial charge in [0.05, 0.1) is 16.1 Å². The summed E-state index contributed by atoms with van der Waals surface area (Å²) < 4.78 is 1.94. The summed E-state index contributed by atoms with van der Waals surface area (Å²) in [5, 5.41) is 16.2. The van der Waals surface area contributed by atoms with Crippen LogP contribution in [0.15, 0.2) is 23.2 Å². The van der Waals surface area contributed by atoms with Gasteiger partial charge in [0.1, 0.15) is 12.4 Å². The molecule has 148 valence electrons. The fraction of sp³-hybridized carbons (Fsp3) is 0.500. The van der Waals surface area contributed by atoms with E-state index in [0.717, 1.165) is 41.9 Å². The Morgan fingerprint density at radius 1 is 1.30 bits per heavy atom. The number of nitrogens with zero attached hydrogens (tertiary/aromatic N) is 4. The van der Waals surface area contributed by atoms with E-state index in [9.17, 15) is 0 Å². The van der Waals surface area contributed by atoms with Crippen molar-refractivity contribution >= 4 is 40.9 Å². The molecular weight excluding hydrogens is 403 g/mol. The maximum Gasteiger partial charge on any atom is 0.192 e. The van der Waals surface area contributed by atoms with Crippen LogP contribution in [0.25, 0.3) is 0 Å². The van der Waals surface area contributed by atoms with Crippen LogP contribution < -0.4 is 10.6 Å². The van der Waals surface area contributed by atoms with E-state index in [1.807, 2.05) is 48.5 Å². The van der Waals surface area contributed by atoms with Gasteiger partial charge in [-0.25, -0.2) is 4.99 Å². The SMILES string of the molecule is CSCCCNC(=NCc1nnc(C)n1C)NC(C)c1ccc(Cl)c(Cl)c1. The van der Waals surface area contributed by atoms with Crippen molar-refractivity contribution in [2.75, 3.05) is 18.6 Å². The van der Waals surface area contributed by atoms with Crippen molar-refractivity contribution in [1.29, 1.82) is 0 Å². The van der Waals surface area contributed by atoms with Crippen LogP contribution in [-0.4, -0.2) is 39.3 Å². The zero-order valence-corrected chi connectivity index (χ0v) is 18.4. The number of aryl methyl sites for hydroxylation is 1. The number of hydrogen-bond donors (Lipinski definition) is 2. The summed E-state index contributed by atoms with van der Waals surface area (Å²) in [5.74, 6) is 3.52. The van der Waals surface area contributed by atoms with Crippen LogP contribution in [-0.2, 0) is 13.6 Å². The van der Waals surface area contributed by atoms with Crippen molar-refractivity contribution in [3.63, 3.8) is 0 Å². The normalized spacial score (nSPS) is 12.9. The van der Waals surface area contributed by atoms with Crippen LogP contribution in [0.1, 0.15) is 36.6 Å². The topological polar surface area (TPSA) is 67.1 Å². The molecule has 0 spiro atoms. The van der Waals surface area contributed by atoms with E-state index in [1.165, 1.54) is 0 Å². The van der Waals surface area contributed by atoms with Gasteiger partial charge in [0.15, 0.2) is 11.8 Å². The monoisotopic (exact) mass is 428 g/mol. The van der Waals surface area contributed by atoms with E-state index in [0.29, 0.717) is 16.6 Å². The third kappa shape index (κ3) is 6.59. The molecule has 27 heavy (non-hydrogen) atoms. The van der Waals surface area contributed by atoms with Gasteiger partial charge >= 0.3 is 0 Å². The predicted molar refractivity (Wildman–Crippen MR) is 116 cm³/mol. The van der Waals surface area contributed by atoms with Gasteiger partial charge in [-0.3, -0.25) is 0 Å². The summed E-state index contributed by atoms with van der Waals surface area (Å²) in [7, 11) is 1.94. The molecule has 0 saturated heterocycles. The Bertz CT molecular complexity index is 777. The molecule has 1 atom stereocenters. The number of halogens is 2. The largest absolute Gasteiger partial charge is 0.356 e. The highest BCUT2D eigenvalue weighted by atomic mass is 35.5. The Kier molecular flexibility index (Phi) is 8.73. The first kappa shape index (κ1) is 21.9. The molecule has 0 saturated carbocycles. The Hall–Kier alpha value is -1.44. The summed E-state index contributed by atoms with van der Waals surface area (Å²) in [5.41, 5.74) is 1.04. The third-order valence-electron chi connectivity index (χ3n) is 4.18. The molecule has 2 rings (SSSR count). The number of rotatable bonds is 8. The minimum absolute atomic E-state index is 0.0211. The van der Waals surface area contributed by atoms with E-state index in [1.54, 1.807) is 0 Å². The fourth-order valence-corrected chi connectivity index (χ4v) is 3.12. The van der Waals surface area contributed by atoms with Crippen LogP contribution in [0, 0.1) is 6.92 Å². The fourth-order valence-electron chi connectivity index (χ4n) is 2.38. The molecule has 1 aromatic heterocycles. The van der Waals surface area contributed by atoms with E-state index in [2.05, 4.69) is 39.0 Å². The molecule has 6 nitrogen and oxygen atoms in total. The zero-order valence-electron chi connectivity index (χ0n) is 16.1. The number of thioether (sulfide) groups is 1. The van der Waals surface area contributed by atoms with E-state index in [-0.39, 0.29) is 6.04 Å². The quantitative estimate of drug-likeness (QED) is 0.378. The van der Waals surface area contributed by atoms with E-state index >= 15 is 0 Å². The lowest BCUT2D eigenvalue weighted by Gasteiger charge is -2.19. The molecule has 0 fully saturated rings. The predicted octanol–water partition coefficient (Wildman–Crippen LogP) is 3.98. The lowest BCUT2D eigenvalue weighted by atomic mass is 10.1. The van der Waals surface area contributed by atoms with Crippen LogP contribution in [0.2, 0.25) is 10.0 Å². The minimum atomic E-state index is 0.0211. The lowest BCUT2D eigenvalue weighted by molar-refractivity contribution is 0.674. The molecule has 9 heteroatoms. The molecule has 0 aliphatic heterocycles. The summed E-state index contributed by atoms with van der Waals surface area (Å²) in [6.45, 7) is 5.28. The second-order valence-corrected chi connectivity index (χ2v) is 8.00. The number of benzene rings is 1. The van der Waals surface area contributed by atoms with Gasteiger partial charge in [-0.2, -0.15) is 11.8 Å². The average molecular weight is 429 g/mol. The number of guanidine groups is 1. The molecule has 1 aromatic carbocycles. The number of hydrogen-bond acceptors (Lipinski definition) is 4. The second kappa shape index (κ2) is 10.8. The van der Waals surface area contributed by atoms with Crippen LogP contribution in [0.3, 0.4) is 0 Å². The van der Waals surface area contributed by atoms with Gasteiger partial charge in [0.2, 0.25) is 0 Å². The molecule has 0 amide bonds. The summed E-state index contributed by atoms with van der Waals surface area (Å²) in [4.78, 5) is 4.68. The molecule has 0 aliphatic rings. The zero-order chi connectivity index (χ0) is 19.8. The second-order valence-electron chi connectivity index (χ2n) is 6.20. The Morgan fingerprint density at radius 2 is 2.07 bits per heavy atom. The summed E-state index contributed by atoms with van der Waals surface area (Å²) >= 11 is 14.0. The van der Waals surface area contributed by atoms with Crippen molar-refractivity contribution in [2.45, 2.75) is 32.9 Å². The molecule has 1 heterocycles. The summed E-state index contributed by atoms with van der Waals surface area (Å²) in [6, 6.07) is 5.66. The molecule has 2 aromatic rings. The minimum Gasteiger partial charge on any atom is -0.356 e. The number of aromatic nitrogens is 3. The van der Waals surface area contributed by atoms with E-state index < -0.39 is 0 Å². The highest BCUT2D eigenvalue weighted by Gasteiger charge is 2.11. The first-order chi connectivity index (χ1) is 12.9. The molecular formula is C18H26Cl2N6S. The first-order valence-electron chi connectivity index (χ1n) is 8.76. The Labute approximate surface area is 175 Å². The molecule has 0 aliphatic carbocycles. The first-order valence-corrected chi connectivity index (χ1v) is 10.9. The van der Waals surface area contributed by atoms with Gasteiger partial charge in [0, 0.05) is 13.6 Å². The molecule has 1 unspecified atom stereocenters. The van der Waals surface area contributed by atoms with Gasteiger partial charge in [-0.05, 0) is 50.0 Å². The van der Waals surface area contributed by atoms with Crippen molar-refractivity contribution in [3.05, 3.63) is 45.5 Å². The highest BCUT2D eigenvalue weighted by molar-refractivity contribution is 7.98. The van der Waals surface area contributed by atoms with Crippen molar-refractivity contribution in [2.24, 2.45) is 12.0 Å². The highest BCUT2D eigenvalue weighted by Crippen LogP contribution is 2.25. The Morgan fingerprint density at radius 3 is 2.70 bits per heavy atom. The molecule has 0 bridgehead atoms. The smallest absolute Gasteiger partial charge is 0.192 e. The molecule has 2 N–H and O–H groups in total. The average Bonchev–Trinajstić information content (AvgIpc) is 2.97. The maximum atomic E-state index is 6.15. The van der Waals surface area contributed by atoms with Gasteiger partial charge in [-0.15, -0.1) is 10.2 Å². The van der Waals surface area contributed by atoms with Gasteiger partial charge < -0.3 is 15.2 Å². The van der Waals surface area contributed by atoms with Gasteiger partial charge in [0.25, 0.3) is 0 Å². The Balaban J connectivity index is 2.09. The van der Waals surface area contributed by atoms with Crippen molar-refractivity contribution < 1.29 is 0 Å². The standard InChI is InChI=1S/C18H26Cl2N6S/c1-12(14-6-7-15(19)16(20)10-14)23-18(21-8-5-9-27-4)22-11-17-25-24-13(2)26(17)3/h6-7,10,12H,5,8-9,11H2,1-4H3,(H2,21,22,23). The third-order valence-corrected chi connectivity index (χ3v) is 5.61. The van der Waals surface area contributed by atoms with Crippen LogP contribution >= 0.6 is 35.0 Å². The number of nitrogens with one attached hydrogen (secondary N) is 2. The molecule has 0 radical (unpaired) electrons. The van der Waals surface area contributed by atoms with Crippen molar-refractivity contribution in [1.82, 2.24) is 25.4 Å². The lowest BCUT2D eigenvalue weighted by Crippen LogP contribution is -2.39. The maximum absolute atomic E-state index is 6.15. The van der Waals surface area contributed by atoms with Crippen molar-refractivity contribution in [3.8, 4) is 0 Å². The van der Waals surface area contributed by atoms with Crippen LogP contribution in [0.5, 0.6) is 0 Å². The number of aliphatic imine (C=N–C) groups is 1. The van der Waals surface area contributed by atoms with Crippen LogP contribution in [0.4, 0.5) is 0 Å². The summed E-state index contributed by atoms with van der Waals surface area (Å²) in [6.07, 6.45) is 3.17.